The molecule has 18 heavy (non-hydrogen) atoms. The van der Waals surface area contributed by atoms with Crippen molar-refractivity contribution in [1.29, 1.82) is 0 Å². The maximum absolute atomic E-state index is 10.6. The number of carboxylic acid groups (broad SMARTS) is 1. The molecule has 0 saturated heterocycles. The highest BCUT2D eigenvalue weighted by molar-refractivity contribution is 5.85. The van der Waals surface area contributed by atoms with Crippen LogP contribution in [0.4, 0.5) is 0 Å². The first kappa shape index (κ1) is 12.2. The number of aromatic carboxylic acids is 1. The predicted octanol–water partition coefficient (Wildman–Crippen LogP) is 2.17. The molecule has 0 fully saturated rings. The Balaban J connectivity index is 1.99. The Labute approximate surface area is 104 Å². The lowest BCUT2D eigenvalue weighted by molar-refractivity contribution is 0.0685. The van der Waals surface area contributed by atoms with Crippen LogP contribution in [0.2, 0.25) is 0 Å². The van der Waals surface area contributed by atoms with Gasteiger partial charge in [0.1, 0.15) is 11.5 Å². The van der Waals surface area contributed by atoms with Gasteiger partial charge in [-0.2, -0.15) is 0 Å². The zero-order valence-corrected chi connectivity index (χ0v) is 9.92. The van der Waals surface area contributed by atoms with Gasteiger partial charge in [0.05, 0.1) is 7.11 Å². The minimum Gasteiger partial charge on any atom is -0.497 e. The zero-order valence-electron chi connectivity index (χ0n) is 9.92. The van der Waals surface area contributed by atoms with Crippen LogP contribution in [0.25, 0.3) is 0 Å². The molecular formula is C13H13NO4. The second-order valence-electron chi connectivity index (χ2n) is 3.84. The molecule has 0 saturated carbocycles. The van der Waals surface area contributed by atoms with Crippen molar-refractivity contribution in [3.63, 3.8) is 0 Å². The van der Waals surface area contributed by atoms with Crippen LogP contribution in [-0.4, -0.2) is 23.3 Å². The number of aryl methyl sites for hydroxylation is 2. The number of carbonyl (C=O) groups is 1. The summed E-state index contributed by atoms with van der Waals surface area (Å²) in [6.07, 6.45) is 1.35. The lowest BCUT2D eigenvalue weighted by Crippen LogP contribution is -1.95. The monoisotopic (exact) mass is 247 g/mol. The van der Waals surface area contributed by atoms with E-state index in [9.17, 15) is 4.79 Å². The largest absolute Gasteiger partial charge is 0.497 e. The standard InChI is InChI=1S/C13H13NO4/c1-17-10-4-2-3-9(7-10)5-6-11-8-12(13(15)16)14-18-11/h2-4,7-8H,5-6H2,1H3,(H,15,16). The molecule has 1 aromatic heterocycles. The van der Waals surface area contributed by atoms with E-state index in [1.54, 1.807) is 7.11 Å². The number of benzene rings is 1. The normalized spacial score (nSPS) is 10.3. The second kappa shape index (κ2) is 5.35. The number of aromatic nitrogens is 1. The molecule has 0 aliphatic rings. The highest BCUT2D eigenvalue weighted by Crippen LogP contribution is 2.15. The van der Waals surface area contributed by atoms with Gasteiger partial charge in [0.2, 0.25) is 0 Å². The molecule has 1 N–H and O–H groups in total. The van der Waals surface area contributed by atoms with E-state index in [1.807, 2.05) is 24.3 Å². The number of hydrogen-bond donors (Lipinski definition) is 1. The molecule has 0 aliphatic carbocycles. The molecule has 94 valence electrons. The SMILES string of the molecule is COc1cccc(CCc2cc(C(=O)O)no2)c1. The first-order valence-electron chi connectivity index (χ1n) is 5.51. The Morgan fingerprint density at radius 2 is 2.22 bits per heavy atom. The summed E-state index contributed by atoms with van der Waals surface area (Å²) >= 11 is 0. The summed E-state index contributed by atoms with van der Waals surface area (Å²) < 4.78 is 10.1. The lowest BCUT2D eigenvalue weighted by atomic mass is 10.1. The van der Waals surface area contributed by atoms with Crippen molar-refractivity contribution in [2.75, 3.05) is 7.11 Å². The van der Waals surface area contributed by atoms with E-state index in [4.69, 9.17) is 14.4 Å². The van der Waals surface area contributed by atoms with Gasteiger partial charge in [-0.1, -0.05) is 17.3 Å². The number of methoxy groups -OCH3 is 1. The van der Waals surface area contributed by atoms with Gasteiger partial charge in [0.25, 0.3) is 0 Å². The molecule has 0 atom stereocenters. The summed E-state index contributed by atoms with van der Waals surface area (Å²) in [5.41, 5.74) is 1.04. The summed E-state index contributed by atoms with van der Waals surface area (Å²) in [7, 11) is 1.62. The fourth-order valence-corrected chi connectivity index (χ4v) is 1.63. The molecule has 1 heterocycles. The quantitative estimate of drug-likeness (QED) is 0.876. The lowest BCUT2D eigenvalue weighted by Gasteiger charge is -2.02. The van der Waals surface area contributed by atoms with E-state index in [1.165, 1.54) is 6.07 Å². The van der Waals surface area contributed by atoms with E-state index in [0.717, 1.165) is 17.7 Å². The first-order valence-corrected chi connectivity index (χ1v) is 5.51. The van der Waals surface area contributed by atoms with E-state index in [-0.39, 0.29) is 5.69 Å². The van der Waals surface area contributed by atoms with E-state index >= 15 is 0 Å². The van der Waals surface area contributed by atoms with E-state index < -0.39 is 5.97 Å². The molecule has 0 bridgehead atoms. The Kier molecular flexibility index (Phi) is 3.62. The number of ether oxygens (including phenoxy) is 1. The Morgan fingerprint density at radius 3 is 2.89 bits per heavy atom. The Hall–Kier alpha value is -2.30. The van der Waals surface area contributed by atoms with Crippen molar-refractivity contribution in [3.8, 4) is 5.75 Å². The molecule has 0 unspecified atom stereocenters. The Bertz CT molecular complexity index is 547. The zero-order chi connectivity index (χ0) is 13.0. The summed E-state index contributed by atoms with van der Waals surface area (Å²) in [4.78, 5) is 10.6. The maximum Gasteiger partial charge on any atom is 0.358 e. The highest BCUT2D eigenvalue weighted by atomic mass is 16.5. The third kappa shape index (κ3) is 2.88. The minimum atomic E-state index is -1.08. The van der Waals surface area contributed by atoms with Crippen LogP contribution < -0.4 is 4.74 Å². The van der Waals surface area contributed by atoms with Crippen LogP contribution in [0.15, 0.2) is 34.9 Å². The van der Waals surface area contributed by atoms with Gasteiger partial charge in [-0.25, -0.2) is 4.79 Å². The summed E-state index contributed by atoms with van der Waals surface area (Å²) in [5, 5.41) is 12.2. The van der Waals surface area contributed by atoms with Crippen LogP contribution in [0.1, 0.15) is 21.8 Å². The van der Waals surface area contributed by atoms with Gasteiger partial charge >= 0.3 is 5.97 Å². The van der Waals surface area contributed by atoms with Crippen molar-refractivity contribution >= 4 is 5.97 Å². The number of carboxylic acids is 1. The molecular weight excluding hydrogens is 234 g/mol. The third-order valence-electron chi connectivity index (χ3n) is 2.57. The Morgan fingerprint density at radius 1 is 1.39 bits per heavy atom. The van der Waals surface area contributed by atoms with Crippen LogP contribution in [0.3, 0.4) is 0 Å². The summed E-state index contributed by atoms with van der Waals surface area (Å²) in [5.74, 6) is 0.290. The van der Waals surface area contributed by atoms with Crippen molar-refractivity contribution < 1.29 is 19.2 Å². The molecule has 0 aliphatic heterocycles. The van der Waals surface area contributed by atoms with Gasteiger partial charge < -0.3 is 14.4 Å². The van der Waals surface area contributed by atoms with E-state index in [0.29, 0.717) is 12.2 Å². The molecule has 1 aromatic carbocycles. The average Bonchev–Trinajstić information content (AvgIpc) is 2.85. The number of rotatable bonds is 5. The van der Waals surface area contributed by atoms with Crippen LogP contribution >= 0.6 is 0 Å². The first-order chi connectivity index (χ1) is 8.69. The average molecular weight is 247 g/mol. The molecule has 0 amide bonds. The summed E-state index contributed by atoms with van der Waals surface area (Å²) in [6.45, 7) is 0. The second-order valence-corrected chi connectivity index (χ2v) is 3.84. The fourth-order valence-electron chi connectivity index (χ4n) is 1.63. The van der Waals surface area contributed by atoms with Crippen LogP contribution in [0.5, 0.6) is 5.75 Å². The molecule has 0 spiro atoms. The van der Waals surface area contributed by atoms with Crippen LogP contribution in [-0.2, 0) is 12.8 Å². The highest BCUT2D eigenvalue weighted by Gasteiger charge is 2.10. The van der Waals surface area contributed by atoms with Gasteiger partial charge in [-0.05, 0) is 24.1 Å². The third-order valence-corrected chi connectivity index (χ3v) is 2.57. The fraction of sp³-hybridized carbons (Fsp3) is 0.231. The number of nitrogens with zero attached hydrogens (tertiary/aromatic N) is 1. The smallest absolute Gasteiger partial charge is 0.358 e. The van der Waals surface area contributed by atoms with Crippen molar-refractivity contribution in [1.82, 2.24) is 5.16 Å². The van der Waals surface area contributed by atoms with Gasteiger partial charge in [-0.15, -0.1) is 0 Å². The molecule has 5 nitrogen and oxygen atoms in total. The van der Waals surface area contributed by atoms with Gasteiger partial charge in [0.15, 0.2) is 5.69 Å². The topological polar surface area (TPSA) is 72.6 Å². The molecule has 2 aromatic rings. The predicted molar refractivity (Wildman–Crippen MR) is 63.9 cm³/mol. The van der Waals surface area contributed by atoms with Gasteiger partial charge in [0, 0.05) is 12.5 Å². The molecule has 5 heteroatoms. The van der Waals surface area contributed by atoms with Crippen molar-refractivity contribution in [3.05, 3.63) is 47.3 Å². The van der Waals surface area contributed by atoms with Crippen molar-refractivity contribution in [2.24, 2.45) is 0 Å². The van der Waals surface area contributed by atoms with Crippen LogP contribution in [0, 0.1) is 0 Å². The molecule has 2 rings (SSSR count). The number of hydrogen-bond acceptors (Lipinski definition) is 4. The van der Waals surface area contributed by atoms with Crippen molar-refractivity contribution in [2.45, 2.75) is 12.8 Å². The molecule has 0 radical (unpaired) electrons. The minimum absolute atomic E-state index is 0.0596. The van der Waals surface area contributed by atoms with Gasteiger partial charge in [-0.3, -0.25) is 0 Å². The van der Waals surface area contributed by atoms with E-state index in [2.05, 4.69) is 5.16 Å². The summed E-state index contributed by atoms with van der Waals surface area (Å²) in [6, 6.07) is 9.16. The maximum atomic E-state index is 10.6.